The molecular formula is C25H25F5O. The van der Waals surface area contributed by atoms with Gasteiger partial charge in [-0.25, -0.2) is 13.2 Å². The van der Waals surface area contributed by atoms with E-state index in [9.17, 15) is 22.0 Å². The molecule has 3 rings (SSSR count). The summed E-state index contributed by atoms with van der Waals surface area (Å²) in [6, 6.07) is 6.55. The van der Waals surface area contributed by atoms with E-state index in [1.807, 2.05) is 0 Å². The van der Waals surface area contributed by atoms with Crippen molar-refractivity contribution in [1.82, 2.24) is 0 Å². The largest absolute Gasteiger partial charge is 0.429 e. The Morgan fingerprint density at radius 1 is 1.03 bits per heavy atom. The van der Waals surface area contributed by atoms with E-state index in [0.717, 1.165) is 43.2 Å². The summed E-state index contributed by atoms with van der Waals surface area (Å²) >= 11 is 0. The van der Waals surface area contributed by atoms with Crippen LogP contribution in [0.2, 0.25) is 0 Å². The van der Waals surface area contributed by atoms with Gasteiger partial charge in [0, 0.05) is 12.1 Å². The second-order valence-electron chi connectivity index (χ2n) is 7.88. The third kappa shape index (κ3) is 5.54. The van der Waals surface area contributed by atoms with Gasteiger partial charge in [0.2, 0.25) is 0 Å². The fraction of sp³-hybridized carbons (Fsp3) is 0.360. The normalized spacial score (nSPS) is 19.5. The summed E-state index contributed by atoms with van der Waals surface area (Å²) < 4.78 is 72.9. The number of rotatable bonds is 7. The number of alkyl halides is 2. The predicted molar refractivity (Wildman–Crippen MR) is 111 cm³/mol. The van der Waals surface area contributed by atoms with Crippen LogP contribution in [0.25, 0.3) is 0 Å². The smallest absolute Gasteiger partial charge is 0.426 e. The maximum Gasteiger partial charge on any atom is 0.426 e. The molecule has 0 heterocycles. The Labute approximate surface area is 179 Å². The Morgan fingerprint density at radius 2 is 1.61 bits per heavy atom. The first kappa shape index (κ1) is 23.0. The first-order valence-electron chi connectivity index (χ1n) is 10.4. The molecule has 0 aliphatic heterocycles. The lowest BCUT2D eigenvalue weighted by atomic mass is 9.76. The number of ether oxygens (including phenoxy) is 1. The van der Waals surface area contributed by atoms with Gasteiger partial charge in [0.1, 0.15) is 5.75 Å². The number of halogens is 5. The van der Waals surface area contributed by atoms with Gasteiger partial charge in [-0.3, -0.25) is 0 Å². The van der Waals surface area contributed by atoms with Gasteiger partial charge in [-0.05, 0) is 61.6 Å². The Balaban J connectivity index is 1.64. The van der Waals surface area contributed by atoms with Gasteiger partial charge in [0.15, 0.2) is 17.5 Å². The van der Waals surface area contributed by atoms with Gasteiger partial charge < -0.3 is 4.74 Å². The topological polar surface area (TPSA) is 9.23 Å². The van der Waals surface area contributed by atoms with E-state index in [4.69, 9.17) is 0 Å². The van der Waals surface area contributed by atoms with Crippen LogP contribution in [0.3, 0.4) is 0 Å². The molecule has 0 spiro atoms. The van der Waals surface area contributed by atoms with Crippen molar-refractivity contribution in [2.24, 2.45) is 5.92 Å². The predicted octanol–water partition coefficient (Wildman–Crippen LogP) is 8.03. The van der Waals surface area contributed by atoms with Crippen LogP contribution in [0.15, 0.2) is 60.7 Å². The standard InChI is InChI=1S/C25H25F5O/c1-3-4-5-16(2)17-6-8-18(9-7-17)19-10-12-20(13-11-19)25(29,30)31-21-14-22(26)24(28)23(27)15-21/h4-5,10-15,17-18H,2-3,6-9H2,1H3/b5-4-. The maximum absolute atomic E-state index is 14.4. The SMILES string of the molecule is C=C(/C=C\CC)C1CCC(c2ccc(C(F)(F)Oc3cc(F)c(F)c(F)c3)cc2)CC1. The second-order valence-corrected chi connectivity index (χ2v) is 7.88. The van der Waals surface area contributed by atoms with E-state index >= 15 is 0 Å². The quantitative estimate of drug-likeness (QED) is 0.243. The van der Waals surface area contributed by atoms with Gasteiger partial charge in [0.05, 0.1) is 5.56 Å². The molecule has 0 amide bonds. The first-order chi connectivity index (χ1) is 14.7. The zero-order chi connectivity index (χ0) is 22.6. The zero-order valence-corrected chi connectivity index (χ0v) is 17.3. The molecule has 1 fully saturated rings. The third-order valence-corrected chi connectivity index (χ3v) is 5.74. The summed E-state index contributed by atoms with van der Waals surface area (Å²) in [6.45, 7) is 6.23. The van der Waals surface area contributed by atoms with Gasteiger partial charge in [-0.1, -0.05) is 43.4 Å². The lowest BCUT2D eigenvalue weighted by Crippen LogP contribution is -2.22. The third-order valence-electron chi connectivity index (χ3n) is 5.74. The second kappa shape index (κ2) is 9.67. The van der Waals surface area contributed by atoms with Gasteiger partial charge in [0.25, 0.3) is 0 Å². The van der Waals surface area contributed by atoms with Crippen LogP contribution < -0.4 is 4.74 Å². The fourth-order valence-corrected chi connectivity index (χ4v) is 3.95. The summed E-state index contributed by atoms with van der Waals surface area (Å²) in [5.41, 5.74) is 1.65. The molecule has 1 saturated carbocycles. The molecule has 1 nitrogen and oxygen atoms in total. The van der Waals surface area contributed by atoms with Crippen molar-refractivity contribution in [1.29, 1.82) is 0 Å². The zero-order valence-electron chi connectivity index (χ0n) is 17.3. The van der Waals surface area contributed by atoms with Crippen LogP contribution in [0.1, 0.15) is 56.1 Å². The lowest BCUT2D eigenvalue weighted by molar-refractivity contribution is -0.185. The number of allylic oxidation sites excluding steroid dienone is 3. The summed E-state index contributed by atoms with van der Waals surface area (Å²) in [5.74, 6) is -4.98. The van der Waals surface area contributed by atoms with Crippen LogP contribution in [0.4, 0.5) is 22.0 Å². The van der Waals surface area contributed by atoms with Crippen molar-refractivity contribution < 1.29 is 26.7 Å². The van der Waals surface area contributed by atoms with Crippen LogP contribution >= 0.6 is 0 Å². The van der Waals surface area contributed by atoms with Gasteiger partial charge in [-0.15, -0.1) is 0 Å². The number of hydrogen-bond donors (Lipinski definition) is 0. The molecule has 2 aromatic rings. The highest BCUT2D eigenvalue weighted by atomic mass is 19.3. The molecule has 0 radical (unpaired) electrons. The van der Waals surface area contributed by atoms with Crippen LogP contribution in [-0.4, -0.2) is 0 Å². The Kier molecular flexibility index (Phi) is 7.19. The Bertz CT molecular complexity index is 918. The molecule has 0 atom stereocenters. The Morgan fingerprint density at radius 3 is 2.16 bits per heavy atom. The molecule has 1 aliphatic rings. The monoisotopic (exact) mass is 436 g/mol. The van der Waals surface area contributed by atoms with Crippen molar-refractivity contribution in [3.8, 4) is 5.75 Å². The average Bonchev–Trinajstić information content (AvgIpc) is 2.75. The molecule has 2 aromatic carbocycles. The van der Waals surface area contributed by atoms with Crippen LogP contribution in [0, 0.1) is 23.4 Å². The molecule has 6 heteroatoms. The number of hydrogen-bond acceptors (Lipinski definition) is 1. The summed E-state index contributed by atoms with van der Waals surface area (Å²) in [5, 5.41) is 0. The van der Waals surface area contributed by atoms with Crippen molar-refractivity contribution in [3.63, 3.8) is 0 Å². The highest BCUT2D eigenvalue weighted by molar-refractivity contribution is 5.31. The van der Waals surface area contributed by atoms with E-state index < -0.39 is 34.9 Å². The van der Waals surface area contributed by atoms with E-state index in [-0.39, 0.29) is 5.92 Å². The molecule has 1 aliphatic carbocycles. The first-order valence-corrected chi connectivity index (χ1v) is 10.4. The molecule has 0 unspecified atom stereocenters. The van der Waals surface area contributed by atoms with E-state index in [2.05, 4.69) is 30.4 Å². The number of benzene rings is 2. The molecule has 0 saturated heterocycles. The molecule has 0 N–H and O–H groups in total. The fourth-order valence-electron chi connectivity index (χ4n) is 3.95. The van der Waals surface area contributed by atoms with Crippen molar-refractivity contribution >= 4 is 0 Å². The van der Waals surface area contributed by atoms with E-state index in [0.29, 0.717) is 18.1 Å². The minimum Gasteiger partial charge on any atom is -0.429 e. The highest BCUT2D eigenvalue weighted by Crippen LogP contribution is 2.40. The molecule has 0 bridgehead atoms. The van der Waals surface area contributed by atoms with Gasteiger partial charge >= 0.3 is 6.11 Å². The Hall–Kier alpha value is -2.63. The van der Waals surface area contributed by atoms with Crippen molar-refractivity contribution in [2.75, 3.05) is 0 Å². The molecule has 166 valence electrons. The van der Waals surface area contributed by atoms with Crippen LogP contribution in [-0.2, 0) is 6.11 Å². The van der Waals surface area contributed by atoms with Crippen molar-refractivity contribution in [3.05, 3.63) is 89.3 Å². The minimum absolute atomic E-state index is 0.281. The van der Waals surface area contributed by atoms with E-state index in [1.165, 1.54) is 12.1 Å². The highest BCUT2D eigenvalue weighted by Gasteiger charge is 2.35. The maximum atomic E-state index is 14.4. The average molecular weight is 436 g/mol. The molecular weight excluding hydrogens is 411 g/mol. The lowest BCUT2D eigenvalue weighted by Gasteiger charge is -2.29. The van der Waals surface area contributed by atoms with Crippen LogP contribution in [0.5, 0.6) is 5.75 Å². The van der Waals surface area contributed by atoms with Gasteiger partial charge in [-0.2, -0.15) is 8.78 Å². The summed E-state index contributed by atoms with van der Waals surface area (Å²) in [7, 11) is 0. The summed E-state index contributed by atoms with van der Waals surface area (Å²) in [4.78, 5) is 0. The van der Waals surface area contributed by atoms with E-state index in [1.54, 1.807) is 12.1 Å². The molecule has 0 aromatic heterocycles. The van der Waals surface area contributed by atoms with Crippen molar-refractivity contribution in [2.45, 2.75) is 51.1 Å². The minimum atomic E-state index is -3.82. The summed E-state index contributed by atoms with van der Waals surface area (Å²) in [6.07, 6.45) is 5.23. The molecule has 31 heavy (non-hydrogen) atoms.